The van der Waals surface area contributed by atoms with Crippen molar-refractivity contribution in [3.8, 4) is 5.69 Å². The van der Waals surface area contributed by atoms with E-state index in [1.807, 2.05) is 19.1 Å². The molecule has 4 rings (SSSR count). The molecule has 4 nitrogen and oxygen atoms in total. The normalized spacial score (nSPS) is 13.7. The zero-order valence-corrected chi connectivity index (χ0v) is 17.6. The maximum absolute atomic E-state index is 13.5. The van der Waals surface area contributed by atoms with E-state index in [0.29, 0.717) is 15.9 Å². The molecule has 3 aromatic rings. The Hall–Kier alpha value is -1.63. The number of benzene rings is 1. The summed E-state index contributed by atoms with van der Waals surface area (Å²) in [4.78, 5) is 31.9. The predicted molar refractivity (Wildman–Crippen MR) is 113 cm³/mol. The van der Waals surface area contributed by atoms with Crippen molar-refractivity contribution in [1.29, 1.82) is 0 Å². The summed E-state index contributed by atoms with van der Waals surface area (Å²) >= 11 is 9.24. The summed E-state index contributed by atoms with van der Waals surface area (Å²) in [6, 6.07) is 5.58. The van der Waals surface area contributed by atoms with E-state index >= 15 is 0 Å². The Kier molecular flexibility index (Phi) is 5.14. The van der Waals surface area contributed by atoms with Crippen LogP contribution in [-0.2, 0) is 17.6 Å². The van der Waals surface area contributed by atoms with Crippen molar-refractivity contribution in [3.05, 3.63) is 49.6 Å². The minimum absolute atomic E-state index is 0.0494. The maximum Gasteiger partial charge on any atom is 0.267 e. The number of fused-ring (bicyclic) bond motifs is 3. The minimum Gasteiger partial charge on any atom is -0.299 e. The molecule has 0 saturated carbocycles. The topological polar surface area (TPSA) is 52.0 Å². The molecule has 0 aliphatic heterocycles. The molecule has 1 aliphatic rings. The maximum atomic E-state index is 13.5. The van der Waals surface area contributed by atoms with Crippen LogP contribution in [-0.4, -0.2) is 21.1 Å². The number of Topliss-reactive ketones (excluding diaryl/α,β-unsaturated/α-hetero) is 1. The first-order valence-electron chi connectivity index (χ1n) is 8.92. The molecule has 140 valence electrons. The van der Waals surface area contributed by atoms with Crippen LogP contribution in [0.25, 0.3) is 15.9 Å². The first-order chi connectivity index (χ1) is 13.0. The number of hydrogen-bond donors (Lipinski definition) is 0. The van der Waals surface area contributed by atoms with Crippen molar-refractivity contribution in [2.24, 2.45) is 0 Å². The minimum atomic E-state index is -0.0645. The number of carbonyl (C=O) groups excluding carboxylic acids is 1. The Labute approximate surface area is 170 Å². The van der Waals surface area contributed by atoms with E-state index in [1.165, 1.54) is 16.6 Å². The fourth-order valence-electron chi connectivity index (χ4n) is 3.40. The highest BCUT2D eigenvalue weighted by Gasteiger charge is 2.23. The number of thioether (sulfide) groups is 1. The molecule has 1 aliphatic carbocycles. The lowest BCUT2D eigenvalue weighted by molar-refractivity contribution is -0.114. The highest BCUT2D eigenvalue weighted by Crippen LogP contribution is 2.35. The molecule has 2 heterocycles. The highest BCUT2D eigenvalue weighted by molar-refractivity contribution is 7.99. The van der Waals surface area contributed by atoms with Gasteiger partial charge < -0.3 is 0 Å². The van der Waals surface area contributed by atoms with Crippen molar-refractivity contribution in [2.75, 3.05) is 5.75 Å². The van der Waals surface area contributed by atoms with E-state index in [9.17, 15) is 9.59 Å². The molecule has 0 atom stereocenters. The van der Waals surface area contributed by atoms with Gasteiger partial charge in [-0.25, -0.2) is 4.98 Å². The monoisotopic (exact) mass is 418 g/mol. The van der Waals surface area contributed by atoms with E-state index in [4.69, 9.17) is 16.6 Å². The van der Waals surface area contributed by atoms with Crippen LogP contribution in [0.1, 0.15) is 35.8 Å². The van der Waals surface area contributed by atoms with Crippen LogP contribution in [0.3, 0.4) is 0 Å². The standard InChI is InChI=1S/C20H19ClN2O2S2/c1-11-7-8-13(9-15(11)21)23-19(25)17-14-5-3-4-6-16(14)27-18(17)22-20(23)26-10-12(2)24/h7-9H,3-6,10H2,1-2H3. The number of thiophene rings is 1. The van der Waals surface area contributed by atoms with Gasteiger partial charge in [-0.2, -0.15) is 0 Å². The Morgan fingerprint density at radius 1 is 1.33 bits per heavy atom. The summed E-state index contributed by atoms with van der Waals surface area (Å²) in [7, 11) is 0. The number of rotatable bonds is 4. The fourth-order valence-corrected chi connectivity index (χ4v) is 5.69. The number of nitrogens with zero attached hydrogens (tertiary/aromatic N) is 2. The summed E-state index contributed by atoms with van der Waals surface area (Å²) < 4.78 is 1.61. The van der Waals surface area contributed by atoms with Gasteiger partial charge in [-0.3, -0.25) is 14.2 Å². The van der Waals surface area contributed by atoms with Crippen molar-refractivity contribution in [2.45, 2.75) is 44.7 Å². The number of hydrogen-bond acceptors (Lipinski definition) is 5. The largest absolute Gasteiger partial charge is 0.299 e. The quantitative estimate of drug-likeness (QED) is 0.443. The Bertz CT molecular complexity index is 1120. The molecule has 2 aromatic heterocycles. The number of carbonyl (C=O) groups is 1. The summed E-state index contributed by atoms with van der Waals surface area (Å²) in [6.45, 7) is 3.47. The number of aryl methyl sites for hydroxylation is 3. The van der Waals surface area contributed by atoms with Crippen LogP contribution in [0.15, 0.2) is 28.2 Å². The first-order valence-corrected chi connectivity index (χ1v) is 11.1. The van der Waals surface area contributed by atoms with Gasteiger partial charge in [0.2, 0.25) is 0 Å². The van der Waals surface area contributed by atoms with Gasteiger partial charge in [0.05, 0.1) is 16.8 Å². The molecule has 1 aromatic carbocycles. The van der Waals surface area contributed by atoms with Gasteiger partial charge in [-0.05, 0) is 62.8 Å². The molecule has 7 heteroatoms. The third-order valence-corrected chi connectivity index (χ3v) is 7.45. The molecule has 0 amide bonds. The summed E-state index contributed by atoms with van der Waals surface area (Å²) in [5.41, 5.74) is 2.74. The van der Waals surface area contributed by atoms with E-state index < -0.39 is 0 Å². The van der Waals surface area contributed by atoms with Gasteiger partial charge in [0.1, 0.15) is 10.6 Å². The lowest BCUT2D eigenvalue weighted by Crippen LogP contribution is -2.22. The lowest BCUT2D eigenvalue weighted by Gasteiger charge is -2.14. The van der Waals surface area contributed by atoms with Crippen molar-refractivity contribution >= 4 is 50.7 Å². The van der Waals surface area contributed by atoms with Gasteiger partial charge in [-0.15, -0.1) is 11.3 Å². The molecular weight excluding hydrogens is 400 g/mol. The number of aromatic nitrogens is 2. The molecule has 27 heavy (non-hydrogen) atoms. The second kappa shape index (κ2) is 7.41. The van der Waals surface area contributed by atoms with Gasteiger partial charge in [0, 0.05) is 9.90 Å². The smallest absolute Gasteiger partial charge is 0.267 e. The average molecular weight is 419 g/mol. The summed E-state index contributed by atoms with van der Waals surface area (Å²) in [5.74, 6) is 0.330. The highest BCUT2D eigenvalue weighted by atomic mass is 35.5. The average Bonchev–Trinajstić information content (AvgIpc) is 3.01. The summed E-state index contributed by atoms with van der Waals surface area (Å²) in [5, 5.41) is 1.88. The van der Waals surface area contributed by atoms with Crippen molar-refractivity contribution in [1.82, 2.24) is 9.55 Å². The van der Waals surface area contributed by atoms with Gasteiger partial charge in [0.25, 0.3) is 5.56 Å². The van der Waals surface area contributed by atoms with Crippen LogP contribution < -0.4 is 5.56 Å². The predicted octanol–water partition coefficient (Wildman–Crippen LogP) is 4.97. The molecule has 0 unspecified atom stereocenters. The lowest BCUT2D eigenvalue weighted by atomic mass is 9.97. The third kappa shape index (κ3) is 3.46. The Morgan fingerprint density at radius 2 is 2.11 bits per heavy atom. The Balaban J connectivity index is 1.99. The van der Waals surface area contributed by atoms with Gasteiger partial charge >= 0.3 is 0 Å². The van der Waals surface area contributed by atoms with Crippen molar-refractivity contribution in [3.63, 3.8) is 0 Å². The molecule has 0 radical (unpaired) electrons. The molecule has 0 saturated heterocycles. The Morgan fingerprint density at radius 3 is 2.85 bits per heavy atom. The van der Waals surface area contributed by atoms with E-state index in [-0.39, 0.29) is 17.1 Å². The molecular formula is C20H19ClN2O2S2. The summed E-state index contributed by atoms with van der Waals surface area (Å²) in [6.07, 6.45) is 4.21. The third-order valence-electron chi connectivity index (χ3n) is 4.78. The van der Waals surface area contributed by atoms with Gasteiger partial charge in [0.15, 0.2) is 5.16 Å². The first kappa shape index (κ1) is 18.7. The van der Waals surface area contributed by atoms with Gasteiger partial charge in [-0.1, -0.05) is 29.4 Å². The SMILES string of the molecule is CC(=O)CSc1nc2sc3c(c2c(=O)n1-c1ccc(C)c(Cl)c1)CCCC3. The van der Waals surface area contributed by atoms with Crippen LogP contribution in [0, 0.1) is 6.92 Å². The van der Waals surface area contributed by atoms with Crippen LogP contribution in [0.4, 0.5) is 0 Å². The van der Waals surface area contributed by atoms with Crippen LogP contribution >= 0.6 is 34.7 Å². The van der Waals surface area contributed by atoms with Crippen LogP contribution in [0.2, 0.25) is 5.02 Å². The number of halogens is 1. The fraction of sp³-hybridized carbons (Fsp3) is 0.350. The molecule has 0 fully saturated rings. The molecule has 0 bridgehead atoms. The number of ketones is 1. The molecule has 0 N–H and O–H groups in total. The van der Waals surface area contributed by atoms with E-state index in [0.717, 1.165) is 47.0 Å². The van der Waals surface area contributed by atoms with Crippen molar-refractivity contribution < 1.29 is 4.79 Å². The van der Waals surface area contributed by atoms with E-state index in [1.54, 1.807) is 28.9 Å². The van der Waals surface area contributed by atoms with E-state index in [2.05, 4.69) is 0 Å². The second-order valence-corrected chi connectivity index (χ2v) is 9.28. The second-order valence-electron chi connectivity index (χ2n) is 6.85. The molecule has 0 spiro atoms. The van der Waals surface area contributed by atoms with Crippen LogP contribution in [0.5, 0.6) is 0 Å². The zero-order valence-electron chi connectivity index (χ0n) is 15.2. The zero-order chi connectivity index (χ0) is 19.1.